The van der Waals surface area contributed by atoms with Crippen LogP contribution in [-0.4, -0.2) is 25.1 Å². The number of halogens is 1. The van der Waals surface area contributed by atoms with E-state index >= 15 is 0 Å². The number of benzene rings is 1. The van der Waals surface area contributed by atoms with Crippen molar-refractivity contribution in [3.8, 4) is 0 Å². The summed E-state index contributed by atoms with van der Waals surface area (Å²) in [7, 11) is -3.98. The average Bonchev–Trinajstić information content (AvgIpc) is 3.17. The first-order chi connectivity index (χ1) is 14.5. The van der Waals surface area contributed by atoms with Crippen LogP contribution in [0.5, 0.6) is 0 Å². The fourth-order valence-electron chi connectivity index (χ4n) is 4.62. The van der Waals surface area contributed by atoms with Gasteiger partial charge in [-0.2, -0.15) is 0 Å². The monoisotopic (exact) mass is 448 g/mol. The highest BCUT2D eigenvalue weighted by Crippen LogP contribution is 2.45. The molecule has 0 saturated heterocycles. The van der Waals surface area contributed by atoms with Crippen molar-refractivity contribution in [2.24, 2.45) is 5.92 Å². The predicted molar refractivity (Wildman–Crippen MR) is 114 cm³/mol. The summed E-state index contributed by atoms with van der Waals surface area (Å²) in [5.41, 5.74) is 2.34. The molecule has 2 aliphatic rings. The third kappa shape index (κ3) is 4.48. The number of ketones is 1. The third-order valence-electron chi connectivity index (χ3n) is 6.63. The summed E-state index contributed by atoms with van der Waals surface area (Å²) in [5, 5.41) is 9.71. The lowest BCUT2D eigenvalue weighted by Gasteiger charge is -2.20. The van der Waals surface area contributed by atoms with E-state index in [-0.39, 0.29) is 23.2 Å². The molecule has 7 heteroatoms. The van der Waals surface area contributed by atoms with E-state index in [9.17, 15) is 22.7 Å². The first-order valence-corrected chi connectivity index (χ1v) is 12.5. The van der Waals surface area contributed by atoms with Gasteiger partial charge in [0, 0.05) is 18.1 Å². The van der Waals surface area contributed by atoms with E-state index in [1.807, 2.05) is 0 Å². The molecule has 0 spiro atoms. The number of carbonyl (C=O) groups excluding carboxylic acids is 1. The fraction of sp³-hybridized carbons (Fsp3) is 0.542. The van der Waals surface area contributed by atoms with E-state index in [0.717, 1.165) is 42.4 Å². The van der Waals surface area contributed by atoms with Gasteiger partial charge >= 0.3 is 0 Å². The Labute approximate surface area is 182 Å². The Morgan fingerprint density at radius 3 is 2.55 bits per heavy atom. The highest BCUT2D eigenvalue weighted by molar-refractivity contribution is 7.92. The molecule has 1 N–H and O–H groups in total. The fourth-order valence-corrected chi connectivity index (χ4v) is 5.79. The first kappa shape index (κ1) is 22.2. The van der Waals surface area contributed by atoms with Crippen molar-refractivity contribution in [2.75, 3.05) is 5.75 Å². The lowest BCUT2D eigenvalue weighted by Crippen LogP contribution is -2.20. The largest absolute Gasteiger partial charge is 0.453 e. The quantitative estimate of drug-likeness (QED) is 0.653. The molecule has 1 aromatic carbocycles. The summed E-state index contributed by atoms with van der Waals surface area (Å²) in [5.74, 6) is -0.673. The minimum Gasteiger partial charge on any atom is -0.453 e. The third-order valence-corrected chi connectivity index (χ3v) is 8.16. The molecule has 1 atom stereocenters. The molecule has 0 amide bonds. The maximum atomic E-state index is 14.7. The van der Waals surface area contributed by atoms with Crippen LogP contribution in [0.1, 0.15) is 73.8 Å². The maximum Gasteiger partial charge on any atom is 0.218 e. The van der Waals surface area contributed by atoms with Crippen molar-refractivity contribution in [1.82, 2.24) is 0 Å². The number of fused-ring (bicyclic) bond motifs is 1. The summed E-state index contributed by atoms with van der Waals surface area (Å²) >= 11 is 0. The van der Waals surface area contributed by atoms with Gasteiger partial charge in [-0.05, 0) is 86.1 Å². The van der Waals surface area contributed by atoms with E-state index in [1.54, 1.807) is 6.07 Å². The van der Waals surface area contributed by atoms with Crippen LogP contribution >= 0.6 is 0 Å². The van der Waals surface area contributed by atoms with Crippen LogP contribution in [0.15, 0.2) is 27.9 Å². The van der Waals surface area contributed by atoms with Gasteiger partial charge in [-0.15, -0.1) is 0 Å². The molecule has 1 heterocycles. The van der Waals surface area contributed by atoms with Gasteiger partial charge in [0.15, 0.2) is 5.78 Å². The van der Waals surface area contributed by atoms with E-state index in [2.05, 4.69) is 6.92 Å². The van der Waals surface area contributed by atoms with Gasteiger partial charge in [0.2, 0.25) is 14.9 Å². The molecule has 1 unspecified atom stereocenters. The minimum atomic E-state index is -3.98. The van der Waals surface area contributed by atoms with Crippen molar-refractivity contribution in [1.29, 1.82) is 0 Å². The lowest BCUT2D eigenvalue weighted by molar-refractivity contribution is -0.116. The second kappa shape index (κ2) is 7.85. The normalized spacial score (nSPS) is 17.6. The van der Waals surface area contributed by atoms with Gasteiger partial charge in [0.05, 0.1) is 11.9 Å². The molecule has 168 valence electrons. The summed E-state index contributed by atoms with van der Waals surface area (Å²) in [6, 6.07) is 2.84. The Morgan fingerprint density at radius 2 is 1.94 bits per heavy atom. The zero-order valence-corrected chi connectivity index (χ0v) is 19.0. The molecule has 1 fully saturated rings. The maximum absolute atomic E-state index is 14.7. The van der Waals surface area contributed by atoms with Crippen LogP contribution in [0, 0.1) is 11.7 Å². The number of hydrogen-bond donors (Lipinski definition) is 1. The lowest BCUT2D eigenvalue weighted by atomic mass is 9.85. The standard InChI is InChI=1S/C24H29FO5S/c1-14(15-7-8-15)20-11-22(25)19-6-4-5-18(19)21(20)10-17(26)13-31(28,29)23-9-16(12-30-23)24(2,3)27/h9,11-12,14-15,27H,4-8,10,13H2,1-3H3. The predicted octanol–water partition coefficient (Wildman–Crippen LogP) is 4.23. The van der Waals surface area contributed by atoms with Gasteiger partial charge in [-0.3, -0.25) is 4.79 Å². The van der Waals surface area contributed by atoms with Gasteiger partial charge in [-0.25, -0.2) is 12.8 Å². The van der Waals surface area contributed by atoms with Crippen LogP contribution < -0.4 is 0 Å². The number of carbonyl (C=O) groups is 1. The Balaban J connectivity index is 1.60. The van der Waals surface area contributed by atoms with Crippen molar-refractivity contribution >= 4 is 15.6 Å². The Morgan fingerprint density at radius 1 is 1.26 bits per heavy atom. The van der Waals surface area contributed by atoms with Crippen LogP contribution in [0.2, 0.25) is 0 Å². The highest BCUT2D eigenvalue weighted by atomic mass is 32.2. The van der Waals surface area contributed by atoms with Gasteiger partial charge < -0.3 is 9.52 Å². The molecule has 0 bridgehead atoms. The average molecular weight is 449 g/mol. The zero-order chi connectivity index (χ0) is 22.6. The number of Topliss-reactive ketones (excluding diaryl/α,β-unsaturated/α-hetero) is 1. The smallest absolute Gasteiger partial charge is 0.218 e. The highest BCUT2D eigenvalue weighted by Gasteiger charge is 2.34. The molecule has 2 aliphatic carbocycles. The van der Waals surface area contributed by atoms with Crippen molar-refractivity contribution < 1.29 is 27.1 Å². The topological polar surface area (TPSA) is 84.6 Å². The van der Waals surface area contributed by atoms with E-state index < -0.39 is 27.0 Å². The summed E-state index contributed by atoms with van der Waals surface area (Å²) in [4.78, 5) is 12.9. The van der Waals surface area contributed by atoms with Crippen molar-refractivity contribution in [2.45, 2.75) is 75.9 Å². The Hall–Kier alpha value is -1.99. The van der Waals surface area contributed by atoms with E-state index in [4.69, 9.17) is 4.42 Å². The summed E-state index contributed by atoms with van der Waals surface area (Å²) in [6.07, 6.45) is 5.60. The molecule has 1 saturated carbocycles. The van der Waals surface area contributed by atoms with Crippen molar-refractivity contribution in [3.05, 3.63) is 52.0 Å². The Kier molecular flexibility index (Phi) is 5.63. The molecule has 5 nitrogen and oxygen atoms in total. The molecular formula is C24H29FO5S. The van der Waals surface area contributed by atoms with Crippen LogP contribution in [0.3, 0.4) is 0 Å². The van der Waals surface area contributed by atoms with Gasteiger partial charge in [0.1, 0.15) is 11.6 Å². The number of rotatable bonds is 8. The molecule has 2 aromatic rings. The second-order valence-corrected chi connectivity index (χ2v) is 11.5. The number of aliphatic hydroxyl groups is 1. The van der Waals surface area contributed by atoms with E-state index in [1.165, 1.54) is 26.2 Å². The van der Waals surface area contributed by atoms with E-state index in [0.29, 0.717) is 23.5 Å². The summed E-state index contributed by atoms with van der Waals surface area (Å²) in [6.45, 7) is 5.12. The first-order valence-electron chi connectivity index (χ1n) is 10.9. The zero-order valence-electron chi connectivity index (χ0n) is 18.2. The number of furan rings is 1. The molecule has 0 aliphatic heterocycles. The van der Waals surface area contributed by atoms with Crippen LogP contribution in [0.25, 0.3) is 0 Å². The SMILES string of the molecule is CC(c1cc(F)c2c(c1CC(=O)CS(=O)(=O)c1cc(C(C)(C)O)co1)CCC2)C1CC1. The number of hydrogen-bond acceptors (Lipinski definition) is 5. The number of sulfone groups is 1. The minimum absolute atomic E-state index is 0.0205. The molecule has 4 rings (SSSR count). The second-order valence-electron chi connectivity index (χ2n) is 9.55. The van der Waals surface area contributed by atoms with Crippen molar-refractivity contribution in [3.63, 3.8) is 0 Å². The molecular weight excluding hydrogens is 419 g/mol. The van der Waals surface area contributed by atoms with Gasteiger partial charge in [-0.1, -0.05) is 6.92 Å². The van der Waals surface area contributed by atoms with Crippen LogP contribution in [-0.2, 0) is 39.5 Å². The molecule has 31 heavy (non-hydrogen) atoms. The van der Waals surface area contributed by atoms with Crippen LogP contribution in [0.4, 0.5) is 4.39 Å². The van der Waals surface area contributed by atoms with Gasteiger partial charge in [0.25, 0.3) is 0 Å². The summed E-state index contributed by atoms with van der Waals surface area (Å²) < 4.78 is 45.3. The molecule has 1 aromatic heterocycles. The Bertz CT molecular complexity index is 1120. The molecule has 0 radical (unpaired) electrons.